The molecule has 0 unspecified atom stereocenters. The molecule has 3 aliphatic carbocycles. The molecule has 22 heavy (non-hydrogen) atoms. The molecule has 2 saturated carbocycles. The van der Waals surface area contributed by atoms with E-state index in [0.717, 1.165) is 41.7 Å². The van der Waals surface area contributed by atoms with Crippen molar-refractivity contribution in [2.45, 2.75) is 79.3 Å². The van der Waals surface area contributed by atoms with E-state index < -0.39 is 0 Å². The standard InChI is InChI=1S/C21H35N/c1-12(2)19-15-11-17(15)21(20(19)13(3)4)9-10-22(14(5)6)18-8-7-16(18)21/h12-18H,7-11H2,1-6H3/t15-,16+,17+,18-,21-/m1/s1. The molecule has 1 aliphatic heterocycles. The van der Waals surface area contributed by atoms with Crippen molar-refractivity contribution in [1.29, 1.82) is 0 Å². The van der Waals surface area contributed by atoms with Crippen LogP contribution in [-0.4, -0.2) is 23.5 Å². The molecule has 1 spiro atoms. The fourth-order valence-electron chi connectivity index (χ4n) is 6.97. The summed E-state index contributed by atoms with van der Waals surface area (Å²) in [4.78, 5) is 2.84. The number of nitrogens with zero attached hydrogens (tertiary/aromatic N) is 1. The molecule has 3 fully saturated rings. The SMILES string of the molecule is CC(C)C1=C(C(C)C)[C@@]2(CCN(C(C)C)[C@@H]3CC[C@@H]32)[C@H]2C[C@@H]12. The molecule has 1 saturated heterocycles. The maximum absolute atomic E-state index is 2.84. The highest BCUT2D eigenvalue weighted by Gasteiger charge is 2.68. The second kappa shape index (κ2) is 4.85. The van der Waals surface area contributed by atoms with E-state index >= 15 is 0 Å². The fraction of sp³-hybridized carbons (Fsp3) is 0.905. The second-order valence-electron chi connectivity index (χ2n) is 9.50. The van der Waals surface area contributed by atoms with Gasteiger partial charge in [0.15, 0.2) is 0 Å². The van der Waals surface area contributed by atoms with Gasteiger partial charge in [-0.2, -0.15) is 0 Å². The number of hydrogen-bond donors (Lipinski definition) is 0. The van der Waals surface area contributed by atoms with Crippen LogP contribution in [0.15, 0.2) is 11.1 Å². The Labute approximate surface area is 137 Å². The van der Waals surface area contributed by atoms with Crippen LogP contribution in [0.4, 0.5) is 0 Å². The number of rotatable bonds is 3. The normalized spacial score (nSPS) is 44.0. The van der Waals surface area contributed by atoms with E-state index in [4.69, 9.17) is 0 Å². The number of likely N-dealkylation sites (tertiary alicyclic amines) is 1. The Morgan fingerprint density at radius 1 is 0.955 bits per heavy atom. The van der Waals surface area contributed by atoms with E-state index in [1.54, 1.807) is 0 Å². The van der Waals surface area contributed by atoms with E-state index in [9.17, 15) is 0 Å². The zero-order valence-corrected chi connectivity index (χ0v) is 15.5. The molecule has 0 aromatic heterocycles. The Bertz CT molecular complexity index is 500. The highest BCUT2D eigenvalue weighted by atomic mass is 15.2. The maximum atomic E-state index is 2.84. The molecule has 0 bridgehead atoms. The molecular weight excluding hydrogens is 266 g/mol. The Morgan fingerprint density at radius 2 is 1.68 bits per heavy atom. The van der Waals surface area contributed by atoms with Gasteiger partial charge in [-0.25, -0.2) is 0 Å². The first kappa shape index (κ1) is 15.2. The van der Waals surface area contributed by atoms with E-state index in [-0.39, 0.29) is 0 Å². The van der Waals surface area contributed by atoms with Crippen LogP contribution in [0.5, 0.6) is 0 Å². The Kier molecular flexibility index (Phi) is 3.36. The highest BCUT2D eigenvalue weighted by Crippen LogP contribution is 2.74. The summed E-state index contributed by atoms with van der Waals surface area (Å²) in [6.45, 7) is 16.0. The first-order valence-corrected chi connectivity index (χ1v) is 9.89. The lowest BCUT2D eigenvalue weighted by Crippen LogP contribution is -2.62. The number of piperidine rings is 1. The van der Waals surface area contributed by atoms with Gasteiger partial charge < -0.3 is 0 Å². The predicted octanol–water partition coefficient (Wildman–Crippen LogP) is 5.12. The molecule has 124 valence electrons. The number of allylic oxidation sites excluding steroid dienone is 2. The Morgan fingerprint density at radius 3 is 2.18 bits per heavy atom. The van der Waals surface area contributed by atoms with E-state index in [0.29, 0.717) is 5.41 Å². The van der Waals surface area contributed by atoms with Crippen molar-refractivity contribution >= 4 is 0 Å². The van der Waals surface area contributed by atoms with Crippen molar-refractivity contribution < 1.29 is 0 Å². The minimum Gasteiger partial charge on any atom is -0.298 e. The van der Waals surface area contributed by atoms with Crippen LogP contribution in [0.25, 0.3) is 0 Å². The van der Waals surface area contributed by atoms with E-state index in [1.165, 1.54) is 32.2 Å². The number of hydrogen-bond acceptors (Lipinski definition) is 1. The molecule has 4 aliphatic rings. The van der Waals surface area contributed by atoms with Gasteiger partial charge in [-0.1, -0.05) is 38.8 Å². The smallest absolute Gasteiger partial charge is 0.0135 e. The molecule has 0 amide bonds. The summed E-state index contributed by atoms with van der Waals surface area (Å²) >= 11 is 0. The van der Waals surface area contributed by atoms with Crippen LogP contribution in [0.1, 0.15) is 67.2 Å². The van der Waals surface area contributed by atoms with Crippen molar-refractivity contribution in [3.63, 3.8) is 0 Å². The monoisotopic (exact) mass is 301 g/mol. The minimum absolute atomic E-state index is 0.618. The van der Waals surface area contributed by atoms with Crippen LogP contribution in [0.3, 0.4) is 0 Å². The van der Waals surface area contributed by atoms with Gasteiger partial charge in [-0.15, -0.1) is 0 Å². The highest BCUT2D eigenvalue weighted by molar-refractivity contribution is 5.43. The van der Waals surface area contributed by atoms with E-state index in [1.807, 2.05) is 11.1 Å². The fourth-order valence-corrected chi connectivity index (χ4v) is 6.97. The predicted molar refractivity (Wildman–Crippen MR) is 93.7 cm³/mol. The van der Waals surface area contributed by atoms with Gasteiger partial charge >= 0.3 is 0 Å². The first-order chi connectivity index (χ1) is 10.4. The third-order valence-electron chi connectivity index (χ3n) is 7.64. The summed E-state index contributed by atoms with van der Waals surface area (Å²) in [7, 11) is 0. The van der Waals surface area contributed by atoms with Crippen molar-refractivity contribution in [2.24, 2.45) is 35.0 Å². The molecule has 1 heterocycles. The molecule has 4 rings (SSSR count). The van der Waals surface area contributed by atoms with Crippen molar-refractivity contribution in [3.05, 3.63) is 11.1 Å². The molecule has 5 atom stereocenters. The van der Waals surface area contributed by atoms with Crippen molar-refractivity contribution in [3.8, 4) is 0 Å². The first-order valence-electron chi connectivity index (χ1n) is 9.89. The van der Waals surface area contributed by atoms with Gasteiger partial charge in [0, 0.05) is 17.5 Å². The van der Waals surface area contributed by atoms with Gasteiger partial charge in [0.2, 0.25) is 0 Å². The van der Waals surface area contributed by atoms with Crippen molar-refractivity contribution in [1.82, 2.24) is 4.90 Å². The largest absolute Gasteiger partial charge is 0.298 e. The van der Waals surface area contributed by atoms with Gasteiger partial charge in [-0.3, -0.25) is 4.90 Å². The summed E-state index contributed by atoms with van der Waals surface area (Å²) in [6, 6.07) is 1.63. The minimum atomic E-state index is 0.618. The Hall–Kier alpha value is -0.300. The summed E-state index contributed by atoms with van der Waals surface area (Å²) in [5.74, 6) is 4.52. The van der Waals surface area contributed by atoms with E-state index in [2.05, 4.69) is 46.4 Å². The van der Waals surface area contributed by atoms with Crippen LogP contribution in [-0.2, 0) is 0 Å². The van der Waals surface area contributed by atoms with Gasteiger partial charge in [0.1, 0.15) is 0 Å². The van der Waals surface area contributed by atoms with Crippen LogP contribution in [0, 0.1) is 35.0 Å². The molecular formula is C21H35N. The molecule has 0 aromatic rings. The van der Waals surface area contributed by atoms with Crippen molar-refractivity contribution in [2.75, 3.05) is 6.54 Å². The average Bonchev–Trinajstić information content (AvgIpc) is 3.11. The molecule has 1 nitrogen and oxygen atoms in total. The lowest BCUT2D eigenvalue weighted by atomic mass is 9.52. The number of fused-ring (bicyclic) bond motifs is 4. The Balaban J connectivity index is 1.75. The summed E-state index contributed by atoms with van der Waals surface area (Å²) in [5, 5.41) is 0. The van der Waals surface area contributed by atoms with Crippen LogP contribution >= 0.6 is 0 Å². The summed E-state index contributed by atoms with van der Waals surface area (Å²) in [6.07, 6.45) is 5.94. The molecule has 0 radical (unpaired) electrons. The van der Waals surface area contributed by atoms with Gasteiger partial charge in [0.25, 0.3) is 0 Å². The van der Waals surface area contributed by atoms with Gasteiger partial charge in [-0.05, 0) is 75.7 Å². The second-order valence-corrected chi connectivity index (χ2v) is 9.50. The maximum Gasteiger partial charge on any atom is 0.0135 e. The zero-order valence-electron chi connectivity index (χ0n) is 15.5. The van der Waals surface area contributed by atoms with Crippen LogP contribution in [0.2, 0.25) is 0 Å². The zero-order chi connectivity index (χ0) is 15.8. The topological polar surface area (TPSA) is 3.24 Å². The quantitative estimate of drug-likeness (QED) is 0.654. The molecule has 1 heteroatoms. The summed E-state index contributed by atoms with van der Waals surface area (Å²) in [5.41, 5.74) is 4.47. The third-order valence-corrected chi connectivity index (χ3v) is 7.64. The van der Waals surface area contributed by atoms with Gasteiger partial charge in [0.05, 0.1) is 0 Å². The third kappa shape index (κ3) is 1.75. The lowest BCUT2D eigenvalue weighted by Gasteiger charge is -2.61. The lowest BCUT2D eigenvalue weighted by molar-refractivity contribution is -0.0851. The van der Waals surface area contributed by atoms with Crippen LogP contribution < -0.4 is 0 Å². The molecule has 0 aromatic carbocycles. The summed E-state index contributed by atoms with van der Waals surface area (Å²) < 4.78 is 0. The average molecular weight is 302 g/mol. The molecule has 0 N–H and O–H groups in total.